The molecule has 1 aliphatic carbocycles. The van der Waals surface area contributed by atoms with Crippen molar-refractivity contribution >= 4 is 71.1 Å². The van der Waals surface area contributed by atoms with E-state index < -0.39 is 0 Å². The Morgan fingerprint density at radius 3 is 1.81 bits per heavy atom. The summed E-state index contributed by atoms with van der Waals surface area (Å²) in [5.74, 6) is 0.971. The first kappa shape index (κ1) is 28.0. The van der Waals surface area contributed by atoms with Crippen LogP contribution in [0.5, 0.6) is 5.75 Å². The van der Waals surface area contributed by atoms with Crippen molar-refractivity contribution in [3.05, 3.63) is 169 Å². The Bertz CT molecular complexity index is 3200. The third kappa shape index (κ3) is 3.86. The van der Waals surface area contributed by atoms with Gasteiger partial charge in [-0.1, -0.05) is 85.0 Å². The summed E-state index contributed by atoms with van der Waals surface area (Å²) < 4.78 is 17.3. The lowest BCUT2D eigenvalue weighted by Crippen LogP contribution is -2.12. The van der Waals surface area contributed by atoms with Gasteiger partial charge in [-0.25, -0.2) is 0 Å². The summed E-state index contributed by atoms with van der Waals surface area (Å²) in [6.45, 7) is 0. The SMILES string of the molecule is C1=CCC2Oc3ccc(-n4c5ccccc5c5cc(-c6ccc7c(c6)c6ccccc6n7-c6ccc7oc8ccccc8c7c6)ccc54)cc3C2=C1. The van der Waals surface area contributed by atoms with Crippen LogP contribution in [0.25, 0.3) is 93.6 Å². The van der Waals surface area contributed by atoms with E-state index in [9.17, 15) is 0 Å². The zero-order chi connectivity index (χ0) is 33.9. The van der Waals surface area contributed by atoms with Gasteiger partial charge in [-0.3, -0.25) is 0 Å². The summed E-state index contributed by atoms with van der Waals surface area (Å²) in [4.78, 5) is 0. The quantitative estimate of drug-likeness (QED) is 0.188. The molecular weight excluding hydrogens is 637 g/mol. The number of hydrogen-bond donors (Lipinski definition) is 0. The van der Waals surface area contributed by atoms with Crippen LogP contribution in [0.1, 0.15) is 12.0 Å². The van der Waals surface area contributed by atoms with Crippen molar-refractivity contribution in [3.63, 3.8) is 0 Å². The first-order valence-corrected chi connectivity index (χ1v) is 17.9. The Kier molecular flexibility index (Phi) is 5.58. The summed E-state index contributed by atoms with van der Waals surface area (Å²) in [5, 5.41) is 7.22. The number of furan rings is 1. The minimum absolute atomic E-state index is 0.114. The maximum Gasteiger partial charge on any atom is 0.135 e. The van der Waals surface area contributed by atoms with E-state index in [2.05, 4.69) is 161 Å². The van der Waals surface area contributed by atoms with E-state index >= 15 is 0 Å². The molecule has 10 aromatic rings. The maximum absolute atomic E-state index is 6.30. The van der Waals surface area contributed by atoms with Crippen molar-refractivity contribution < 1.29 is 9.15 Å². The van der Waals surface area contributed by atoms with Crippen molar-refractivity contribution in [3.8, 4) is 28.3 Å². The molecule has 4 heterocycles. The molecule has 0 saturated heterocycles. The lowest BCUT2D eigenvalue weighted by atomic mass is 9.96. The van der Waals surface area contributed by atoms with Crippen LogP contribution >= 0.6 is 0 Å². The highest BCUT2D eigenvalue weighted by molar-refractivity contribution is 6.13. The second-order valence-corrected chi connectivity index (χ2v) is 14.0. The maximum atomic E-state index is 6.30. The predicted molar refractivity (Wildman–Crippen MR) is 214 cm³/mol. The van der Waals surface area contributed by atoms with Gasteiger partial charge in [0.25, 0.3) is 0 Å². The zero-order valence-electron chi connectivity index (χ0n) is 28.1. The molecule has 1 aliphatic heterocycles. The van der Waals surface area contributed by atoms with Crippen molar-refractivity contribution in [2.75, 3.05) is 0 Å². The Balaban J connectivity index is 1.02. The van der Waals surface area contributed by atoms with Gasteiger partial charge < -0.3 is 18.3 Å². The molecule has 0 N–H and O–H groups in total. The second-order valence-electron chi connectivity index (χ2n) is 14.0. The molecule has 1 unspecified atom stereocenters. The van der Waals surface area contributed by atoms with Crippen LogP contribution in [0.3, 0.4) is 0 Å². The second kappa shape index (κ2) is 10.4. The van der Waals surface area contributed by atoms with Gasteiger partial charge in [-0.2, -0.15) is 0 Å². The number of rotatable bonds is 3. The van der Waals surface area contributed by atoms with Gasteiger partial charge in [-0.15, -0.1) is 0 Å². The Hall–Kier alpha value is -6.78. The molecule has 4 heteroatoms. The normalized spacial score (nSPS) is 15.2. The third-order valence-electron chi connectivity index (χ3n) is 11.2. The van der Waals surface area contributed by atoms with E-state index in [1.807, 2.05) is 12.1 Å². The molecule has 3 aromatic heterocycles. The van der Waals surface area contributed by atoms with Crippen LogP contribution in [0.15, 0.2) is 168 Å². The lowest BCUT2D eigenvalue weighted by Gasteiger charge is -2.12. The van der Waals surface area contributed by atoms with Crippen molar-refractivity contribution in [1.29, 1.82) is 0 Å². The Morgan fingerprint density at radius 1 is 0.481 bits per heavy atom. The lowest BCUT2D eigenvalue weighted by molar-refractivity contribution is 0.279. The van der Waals surface area contributed by atoms with E-state index in [-0.39, 0.29) is 6.10 Å². The summed E-state index contributed by atoms with van der Waals surface area (Å²) >= 11 is 0. The molecule has 4 nitrogen and oxygen atoms in total. The van der Waals surface area contributed by atoms with E-state index in [4.69, 9.17) is 9.15 Å². The topological polar surface area (TPSA) is 32.2 Å². The van der Waals surface area contributed by atoms with Crippen LogP contribution in [-0.2, 0) is 0 Å². The van der Waals surface area contributed by atoms with Crippen LogP contribution in [0, 0.1) is 0 Å². The summed E-state index contributed by atoms with van der Waals surface area (Å²) in [6.07, 6.45) is 7.57. The van der Waals surface area contributed by atoms with E-state index in [1.54, 1.807) is 0 Å². The van der Waals surface area contributed by atoms with Crippen LogP contribution in [0.2, 0.25) is 0 Å². The minimum Gasteiger partial charge on any atom is -0.485 e. The summed E-state index contributed by atoms with van der Waals surface area (Å²) in [6, 6.07) is 52.8. The monoisotopic (exact) mass is 666 g/mol. The first-order chi connectivity index (χ1) is 25.8. The van der Waals surface area contributed by atoms with Crippen molar-refractivity contribution in [2.24, 2.45) is 0 Å². The van der Waals surface area contributed by atoms with E-state index in [1.165, 1.54) is 65.9 Å². The molecule has 52 heavy (non-hydrogen) atoms. The minimum atomic E-state index is 0.114. The highest BCUT2D eigenvalue weighted by Crippen LogP contribution is 2.44. The molecule has 0 amide bonds. The fourth-order valence-corrected chi connectivity index (χ4v) is 8.84. The predicted octanol–water partition coefficient (Wildman–Crippen LogP) is 12.6. The molecule has 1 atom stereocenters. The van der Waals surface area contributed by atoms with Crippen molar-refractivity contribution in [2.45, 2.75) is 12.5 Å². The molecule has 0 spiro atoms. The number of allylic oxidation sites excluding steroid dienone is 2. The fraction of sp³-hybridized carbons (Fsp3) is 0.0417. The van der Waals surface area contributed by atoms with Crippen molar-refractivity contribution in [1.82, 2.24) is 9.13 Å². The summed E-state index contributed by atoms with van der Waals surface area (Å²) in [7, 11) is 0. The molecule has 0 radical (unpaired) electrons. The molecule has 12 rings (SSSR count). The zero-order valence-corrected chi connectivity index (χ0v) is 28.1. The Labute approximate surface area is 298 Å². The van der Waals surface area contributed by atoms with Crippen LogP contribution < -0.4 is 4.74 Å². The van der Waals surface area contributed by atoms with Gasteiger partial charge in [-0.05, 0) is 90.0 Å². The highest BCUT2D eigenvalue weighted by Gasteiger charge is 2.29. The van der Waals surface area contributed by atoms with Gasteiger partial charge in [0.15, 0.2) is 0 Å². The Morgan fingerprint density at radius 2 is 1.08 bits per heavy atom. The number of benzene rings is 7. The highest BCUT2D eigenvalue weighted by atomic mass is 16.5. The fourth-order valence-electron chi connectivity index (χ4n) is 8.84. The van der Waals surface area contributed by atoms with Gasteiger partial charge in [0, 0.05) is 61.2 Å². The molecule has 244 valence electrons. The number of hydrogen-bond acceptors (Lipinski definition) is 2. The van der Waals surface area contributed by atoms with Gasteiger partial charge in [0.2, 0.25) is 0 Å². The van der Waals surface area contributed by atoms with Gasteiger partial charge in [0.1, 0.15) is 23.0 Å². The molecule has 0 fully saturated rings. The number of ether oxygens (including phenoxy) is 1. The first-order valence-electron chi connectivity index (χ1n) is 17.9. The molecule has 0 bridgehead atoms. The van der Waals surface area contributed by atoms with Crippen LogP contribution in [-0.4, -0.2) is 15.2 Å². The smallest absolute Gasteiger partial charge is 0.135 e. The average molecular weight is 667 g/mol. The number of fused-ring (bicyclic) bond motifs is 12. The molecule has 2 aliphatic rings. The van der Waals surface area contributed by atoms with E-state index in [0.29, 0.717) is 0 Å². The number of nitrogens with zero attached hydrogens (tertiary/aromatic N) is 2. The van der Waals surface area contributed by atoms with Gasteiger partial charge in [0.05, 0.1) is 22.1 Å². The molecule has 7 aromatic carbocycles. The van der Waals surface area contributed by atoms with Crippen LogP contribution in [0.4, 0.5) is 0 Å². The van der Waals surface area contributed by atoms with E-state index in [0.717, 1.165) is 45.5 Å². The summed E-state index contributed by atoms with van der Waals surface area (Å²) in [5.41, 5.74) is 13.7. The standard InChI is InChI=1S/C48H30N2O2/c1-5-13-41-33(9-1)37-25-29(17-21-43(37)49(41)31-19-23-47-39(27-31)35-11-3-7-15-45(35)51-47)30-18-22-44-38(26-30)34-10-2-6-14-42(34)50(44)32-20-24-48-40(28-32)36-12-4-8-16-46(36)52-48/h1-15,17-28,46H,16H2. The molecular formula is C48H30N2O2. The third-order valence-corrected chi connectivity index (χ3v) is 11.2. The largest absolute Gasteiger partial charge is 0.485 e. The number of aromatic nitrogens is 2. The number of para-hydroxylation sites is 3. The average Bonchev–Trinajstić information content (AvgIpc) is 3.94. The van der Waals surface area contributed by atoms with Gasteiger partial charge >= 0.3 is 0 Å². The molecule has 0 saturated carbocycles.